The lowest BCUT2D eigenvalue weighted by atomic mass is 9.96. The number of hydrogen-bond donors (Lipinski definition) is 0. The number of pyridine rings is 1. The molecule has 1 atom stereocenters. The van der Waals surface area contributed by atoms with Crippen LogP contribution in [0.4, 0.5) is 0 Å². The lowest BCUT2D eigenvalue weighted by Gasteiger charge is -2.19. The number of rotatable bonds is 5. The van der Waals surface area contributed by atoms with E-state index >= 15 is 0 Å². The van der Waals surface area contributed by atoms with Crippen LogP contribution in [0.25, 0.3) is 6.08 Å². The second-order valence-corrected chi connectivity index (χ2v) is 7.58. The van der Waals surface area contributed by atoms with Gasteiger partial charge in [0.15, 0.2) is 0 Å². The minimum absolute atomic E-state index is 0.171. The van der Waals surface area contributed by atoms with Gasteiger partial charge in [-0.1, -0.05) is 56.7 Å². The van der Waals surface area contributed by atoms with Crippen LogP contribution in [0, 0.1) is 5.41 Å². The van der Waals surface area contributed by atoms with Crippen LogP contribution in [0.3, 0.4) is 0 Å². The number of ether oxygens (including phenoxy) is 1. The third-order valence-electron chi connectivity index (χ3n) is 3.94. The number of likely N-dealkylation sites (N-methyl/N-ethyl adjacent to an activating group) is 1. The fourth-order valence-corrected chi connectivity index (χ4v) is 2.69. The maximum Gasteiger partial charge on any atom is 0.138 e. The molecule has 0 N–H and O–H groups in total. The van der Waals surface area contributed by atoms with E-state index in [0.717, 1.165) is 17.9 Å². The summed E-state index contributed by atoms with van der Waals surface area (Å²) in [6.07, 6.45) is 12.3. The van der Waals surface area contributed by atoms with E-state index in [4.69, 9.17) is 16.3 Å². The molecule has 1 aromatic rings. The number of halogens is 1. The van der Waals surface area contributed by atoms with Gasteiger partial charge in [-0.25, -0.2) is 4.98 Å². The van der Waals surface area contributed by atoms with Crippen molar-refractivity contribution in [1.82, 2.24) is 9.88 Å². The van der Waals surface area contributed by atoms with Crippen LogP contribution in [0.1, 0.15) is 39.2 Å². The highest BCUT2D eigenvalue weighted by Gasteiger charge is 2.21. The van der Waals surface area contributed by atoms with Crippen molar-refractivity contribution >= 4 is 17.7 Å². The molecular formula is C19H27ClN2O. The Morgan fingerprint density at radius 2 is 2.17 bits per heavy atom. The molecule has 0 aromatic carbocycles. The van der Waals surface area contributed by atoms with Crippen LogP contribution in [-0.4, -0.2) is 36.1 Å². The summed E-state index contributed by atoms with van der Waals surface area (Å²) in [6, 6.07) is 2.45. The highest BCUT2D eigenvalue weighted by Crippen LogP contribution is 2.22. The van der Waals surface area contributed by atoms with Crippen molar-refractivity contribution in [3.05, 3.63) is 41.2 Å². The van der Waals surface area contributed by atoms with Crippen molar-refractivity contribution < 1.29 is 4.74 Å². The van der Waals surface area contributed by atoms with Crippen LogP contribution >= 0.6 is 11.6 Å². The molecule has 0 bridgehead atoms. The molecule has 126 valence electrons. The van der Waals surface area contributed by atoms with E-state index in [-0.39, 0.29) is 5.41 Å². The van der Waals surface area contributed by atoms with E-state index in [2.05, 4.69) is 43.8 Å². The number of aromatic nitrogens is 1. The quantitative estimate of drug-likeness (QED) is 0.570. The molecule has 0 radical (unpaired) electrons. The standard InChI is InChI=1S/C19H27ClN2O/c1-19(2,3)10-6-5-8-15-12-17(13-21-18(15)20)23-14-16-9-7-11-22(16)4/h5-6,8,10,12-13,16H,7,9,11,14H2,1-4H3/b8-5+,10-6+/t16-/m1/s1. The molecule has 1 aliphatic heterocycles. The number of nitrogens with zero attached hydrogens (tertiary/aromatic N) is 2. The van der Waals surface area contributed by atoms with E-state index in [1.807, 2.05) is 24.3 Å². The van der Waals surface area contributed by atoms with E-state index in [1.165, 1.54) is 12.8 Å². The van der Waals surface area contributed by atoms with Gasteiger partial charge in [-0.2, -0.15) is 0 Å². The van der Waals surface area contributed by atoms with Gasteiger partial charge in [-0.15, -0.1) is 0 Å². The largest absolute Gasteiger partial charge is 0.490 e. The molecule has 0 saturated carbocycles. The molecule has 2 rings (SSSR count). The van der Waals surface area contributed by atoms with Gasteiger partial charge in [-0.3, -0.25) is 0 Å². The first-order valence-electron chi connectivity index (χ1n) is 8.20. The van der Waals surface area contributed by atoms with Gasteiger partial charge >= 0.3 is 0 Å². The molecule has 1 saturated heterocycles. The normalized spacial score (nSPS) is 20.0. The lowest BCUT2D eigenvalue weighted by Crippen LogP contribution is -2.30. The molecule has 1 fully saturated rings. The molecule has 3 nitrogen and oxygen atoms in total. The molecule has 1 aliphatic rings. The Kier molecular flexibility index (Phi) is 6.25. The van der Waals surface area contributed by atoms with Crippen molar-refractivity contribution in [1.29, 1.82) is 0 Å². The van der Waals surface area contributed by atoms with Crippen LogP contribution in [0.2, 0.25) is 5.15 Å². The molecule has 0 aliphatic carbocycles. The number of hydrogen-bond acceptors (Lipinski definition) is 3. The van der Waals surface area contributed by atoms with Crippen molar-refractivity contribution in [2.45, 2.75) is 39.7 Å². The molecule has 1 aromatic heterocycles. The topological polar surface area (TPSA) is 25.4 Å². The third-order valence-corrected chi connectivity index (χ3v) is 4.25. The zero-order valence-electron chi connectivity index (χ0n) is 14.6. The Bertz CT molecular complexity index is 575. The highest BCUT2D eigenvalue weighted by molar-refractivity contribution is 6.30. The summed E-state index contributed by atoms with van der Waals surface area (Å²) in [5.74, 6) is 0.772. The summed E-state index contributed by atoms with van der Waals surface area (Å²) in [5, 5.41) is 0.496. The molecule has 0 unspecified atom stereocenters. The van der Waals surface area contributed by atoms with E-state index in [1.54, 1.807) is 6.20 Å². The Morgan fingerprint density at radius 3 is 2.83 bits per heavy atom. The third kappa shape index (κ3) is 6.00. The summed E-state index contributed by atoms with van der Waals surface area (Å²) < 4.78 is 5.90. The first-order chi connectivity index (χ1) is 10.8. The van der Waals surface area contributed by atoms with Gasteiger partial charge in [0.25, 0.3) is 0 Å². The van der Waals surface area contributed by atoms with Crippen molar-refractivity contribution in [3.63, 3.8) is 0 Å². The average Bonchev–Trinajstić information content (AvgIpc) is 2.88. The predicted molar refractivity (Wildman–Crippen MR) is 98.0 cm³/mol. The maximum atomic E-state index is 6.17. The fraction of sp³-hybridized carbons (Fsp3) is 0.526. The molecule has 0 spiro atoms. The van der Waals surface area contributed by atoms with Gasteiger partial charge in [0.1, 0.15) is 17.5 Å². The van der Waals surface area contributed by atoms with Crippen LogP contribution in [-0.2, 0) is 0 Å². The fourth-order valence-electron chi connectivity index (χ4n) is 2.53. The minimum Gasteiger partial charge on any atom is -0.490 e. The molecule has 23 heavy (non-hydrogen) atoms. The van der Waals surface area contributed by atoms with Gasteiger partial charge in [0.05, 0.1) is 6.20 Å². The first-order valence-corrected chi connectivity index (χ1v) is 8.57. The molecule has 4 heteroatoms. The van der Waals surface area contributed by atoms with Crippen molar-refractivity contribution in [2.75, 3.05) is 20.2 Å². The molecule has 2 heterocycles. The summed E-state index contributed by atoms with van der Waals surface area (Å²) in [6.45, 7) is 8.36. The second kappa shape index (κ2) is 7.98. The Balaban J connectivity index is 1.98. The monoisotopic (exact) mass is 334 g/mol. The average molecular weight is 335 g/mol. The van der Waals surface area contributed by atoms with E-state index in [0.29, 0.717) is 17.8 Å². The van der Waals surface area contributed by atoms with Gasteiger partial charge in [0.2, 0.25) is 0 Å². The van der Waals surface area contributed by atoms with Crippen molar-refractivity contribution in [2.24, 2.45) is 5.41 Å². The van der Waals surface area contributed by atoms with Gasteiger partial charge in [0, 0.05) is 11.6 Å². The predicted octanol–water partition coefficient (Wildman–Crippen LogP) is 4.82. The van der Waals surface area contributed by atoms with Crippen LogP contribution < -0.4 is 4.74 Å². The van der Waals surface area contributed by atoms with Gasteiger partial charge < -0.3 is 9.64 Å². The van der Waals surface area contributed by atoms with Crippen molar-refractivity contribution in [3.8, 4) is 5.75 Å². The van der Waals surface area contributed by atoms with Crippen LogP contribution in [0.15, 0.2) is 30.5 Å². The minimum atomic E-state index is 0.171. The maximum absolute atomic E-state index is 6.17. The molecular weight excluding hydrogens is 308 g/mol. The Hall–Kier alpha value is -1.32. The molecule has 0 amide bonds. The summed E-state index contributed by atoms with van der Waals surface area (Å²) in [7, 11) is 2.15. The van der Waals surface area contributed by atoms with Crippen LogP contribution in [0.5, 0.6) is 5.75 Å². The Morgan fingerprint density at radius 1 is 1.39 bits per heavy atom. The zero-order chi connectivity index (χ0) is 16.9. The summed E-state index contributed by atoms with van der Waals surface area (Å²) >= 11 is 6.17. The number of allylic oxidation sites excluding steroid dienone is 3. The Labute approximate surface area is 145 Å². The zero-order valence-corrected chi connectivity index (χ0v) is 15.3. The lowest BCUT2D eigenvalue weighted by molar-refractivity contribution is 0.198. The SMILES string of the molecule is CN1CCC[C@@H]1COc1cnc(Cl)c(/C=C/C=C/C(C)(C)C)c1. The first kappa shape index (κ1) is 18.0. The van der Waals surface area contributed by atoms with Gasteiger partial charge in [-0.05, 0) is 37.9 Å². The van der Waals surface area contributed by atoms with E-state index < -0.39 is 0 Å². The summed E-state index contributed by atoms with van der Waals surface area (Å²) in [4.78, 5) is 6.57. The highest BCUT2D eigenvalue weighted by atomic mass is 35.5. The second-order valence-electron chi connectivity index (χ2n) is 7.22. The number of likely N-dealkylation sites (tertiary alicyclic amines) is 1. The smallest absolute Gasteiger partial charge is 0.138 e. The van der Waals surface area contributed by atoms with E-state index in [9.17, 15) is 0 Å². The summed E-state index contributed by atoms with van der Waals surface area (Å²) in [5.41, 5.74) is 1.05.